The van der Waals surface area contributed by atoms with Crippen LogP contribution in [0, 0.1) is 40.5 Å². The van der Waals surface area contributed by atoms with E-state index in [-0.39, 0.29) is 33.6 Å². The van der Waals surface area contributed by atoms with E-state index in [1.807, 2.05) is 0 Å². The van der Waals surface area contributed by atoms with Gasteiger partial charge in [-0.2, -0.15) is 0 Å². The maximum absolute atomic E-state index is 12.9. The summed E-state index contributed by atoms with van der Waals surface area (Å²) in [6, 6.07) is 23.5. The number of hydrogen-bond acceptors (Lipinski definition) is 12. The second kappa shape index (κ2) is 16.9. The second-order valence-electron chi connectivity index (χ2n) is 11.6. The highest BCUT2D eigenvalue weighted by Gasteiger charge is 2.22. The summed E-state index contributed by atoms with van der Waals surface area (Å²) < 4.78 is 0. The van der Waals surface area contributed by atoms with Crippen LogP contribution >= 0.6 is 0 Å². The molecular weight excluding hydrogens is 732 g/mol. The average Bonchev–Trinajstić information content (AvgIpc) is 3.19. The standard InChI is InChI=1S/C38H24N6O12/c45-35(25-3-1-5-29(15-25)39-37(47)27-17-31(41(49)50)21-32(18-27)42(51)52)13-11-23-7-9-24(10-8-23)12-14-36(46)26-4-2-6-30(16-26)40-38(48)28-19-33(43(53)54)22-34(20-28)44(55)56/h1-22H,(H,39,47)(H,40,48). The number of nitro benzene ring substituents is 4. The minimum Gasteiger partial charge on any atom is -0.322 e. The minimum atomic E-state index is -0.859. The van der Waals surface area contributed by atoms with Gasteiger partial charge in [-0.05, 0) is 47.5 Å². The zero-order valence-electron chi connectivity index (χ0n) is 28.4. The molecule has 56 heavy (non-hydrogen) atoms. The molecule has 278 valence electrons. The van der Waals surface area contributed by atoms with Gasteiger partial charge in [-0.1, -0.05) is 60.7 Å². The molecule has 0 saturated carbocycles. The zero-order chi connectivity index (χ0) is 40.5. The number of amides is 2. The van der Waals surface area contributed by atoms with E-state index in [0.29, 0.717) is 11.1 Å². The Hall–Kier alpha value is -8.54. The number of carbonyl (C=O) groups is 4. The van der Waals surface area contributed by atoms with Gasteiger partial charge in [0.15, 0.2) is 11.6 Å². The van der Waals surface area contributed by atoms with Crippen LogP contribution in [0.1, 0.15) is 52.6 Å². The fourth-order valence-corrected chi connectivity index (χ4v) is 5.04. The first-order chi connectivity index (χ1) is 26.7. The molecule has 2 amide bonds. The summed E-state index contributed by atoms with van der Waals surface area (Å²) in [4.78, 5) is 92.6. The van der Waals surface area contributed by atoms with E-state index in [0.717, 1.165) is 36.4 Å². The third-order valence-electron chi connectivity index (χ3n) is 7.77. The number of benzene rings is 5. The maximum Gasteiger partial charge on any atom is 0.277 e. The molecule has 0 unspecified atom stereocenters. The Balaban J connectivity index is 1.19. The fraction of sp³-hybridized carbons (Fsp3) is 0. The molecule has 0 atom stereocenters. The van der Waals surface area contributed by atoms with Crippen molar-refractivity contribution in [1.82, 2.24) is 0 Å². The van der Waals surface area contributed by atoms with Crippen LogP contribution in [-0.2, 0) is 0 Å². The highest BCUT2D eigenvalue weighted by atomic mass is 16.6. The van der Waals surface area contributed by atoms with E-state index in [1.165, 1.54) is 60.7 Å². The summed E-state index contributed by atoms with van der Waals surface area (Å²) in [5.74, 6) is -2.57. The van der Waals surface area contributed by atoms with Gasteiger partial charge in [0.05, 0.1) is 43.0 Å². The second-order valence-corrected chi connectivity index (χ2v) is 11.6. The third-order valence-corrected chi connectivity index (χ3v) is 7.77. The van der Waals surface area contributed by atoms with E-state index >= 15 is 0 Å². The summed E-state index contributed by atoms with van der Waals surface area (Å²) in [6.45, 7) is 0. The Morgan fingerprint density at radius 2 is 0.750 bits per heavy atom. The molecule has 0 radical (unpaired) electrons. The number of hydrogen-bond donors (Lipinski definition) is 2. The minimum absolute atomic E-state index is 0.166. The Morgan fingerprint density at radius 1 is 0.429 bits per heavy atom. The fourth-order valence-electron chi connectivity index (χ4n) is 5.04. The number of carbonyl (C=O) groups excluding carboxylic acids is 4. The molecule has 2 N–H and O–H groups in total. The number of ketones is 2. The van der Waals surface area contributed by atoms with E-state index in [9.17, 15) is 59.6 Å². The van der Waals surface area contributed by atoms with Crippen molar-refractivity contribution in [3.8, 4) is 0 Å². The third kappa shape index (κ3) is 9.86. The van der Waals surface area contributed by atoms with Gasteiger partial charge < -0.3 is 10.6 Å². The molecule has 0 aliphatic carbocycles. The van der Waals surface area contributed by atoms with Crippen molar-refractivity contribution >= 4 is 69.7 Å². The molecule has 5 aromatic carbocycles. The van der Waals surface area contributed by atoms with Crippen molar-refractivity contribution in [2.75, 3.05) is 10.6 Å². The number of nitrogens with one attached hydrogen (secondary N) is 2. The molecule has 0 aliphatic heterocycles. The van der Waals surface area contributed by atoms with Gasteiger partial charge in [0.25, 0.3) is 34.6 Å². The lowest BCUT2D eigenvalue weighted by Gasteiger charge is -2.07. The predicted octanol–water partition coefficient (Wildman–Crippen LogP) is 7.62. The van der Waals surface area contributed by atoms with Crippen LogP contribution in [0.3, 0.4) is 0 Å². The molecule has 0 bridgehead atoms. The van der Waals surface area contributed by atoms with Gasteiger partial charge in [-0.15, -0.1) is 0 Å². The lowest BCUT2D eigenvalue weighted by atomic mass is 10.1. The van der Waals surface area contributed by atoms with Gasteiger partial charge >= 0.3 is 0 Å². The van der Waals surface area contributed by atoms with Crippen LogP contribution in [-0.4, -0.2) is 43.1 Å². The zero-order valence-corrected chi connectivity index (χ0v) is 28.4. The molecule has 0 aromatic heterocycles. The maximum atomic E-state index is 12.9. The smallest absolute Gasteiger partial charge is 0.277 e. The number of non-ortho nitro benzene ring substituents is 4. The highest BCUT2D eigenvalue weighted by molar-refractivity contribution is 6.10. The summed E-state index contributed by atoms with van der Waals surface area (Å²) in [7, 11) is 0. The topological polar surface area (TPSA) is 265 Å². The first kappa shape index (κ1) is 38.7. The van der Waals surface area contributed by atoms with Gasteiger partial charge in [-0.25, -0.2) is 0 Å². The summed E-state index contributed by atoms with van der Waals surface area (Å²) in [5.41, 5.74) is -1.19. The molecule has 5 aromatic rings. The highest BCUT2D eigenvalue weighted by Crippen LogP contribution is 2.25. The van der Waals surface area contributed by atoms with Crippen molar-refractivity contribution in [3.63, 3.8) is 0 Å². The van der Waals surface area contributed by atoms with Gasteiger partial charge in [-0.3, -0.25) is 59.6 Å². The van der Waals surface area contributed by atoms with Crippen molar-refractivity contribution in [3.05, 3.63) is 195 Å². The normalized spacial score (nSPS) is 10.9. The largest absolute Gasteiger partial charge is 0.322 e. The average molecular weight is 757 g/mol. The Bertz CT molecular complexity index is 2290. The molecule has 0 saturated heterocycles. The van der Waals surface area contributed by atoms with Crippen LogP contribution in [0.25, 0.3) is 12.2 Å². The Kier molecular flexibility index (Phi) is 11.6. The Labute approximate surface area is 314 Å². The van der Waals surface area contributed by atoms with Crippen molar-refractivity contribution in [2.24, 2.45) is 0 Å². The molecule has 5 rings (SSSR count). The molecule has 18 nitrogen and oxygen atoms in total. The molecule has 18 heteroatoms. The van der Waals surface area contributed by atoms with Gasteiger partial charge in [0.2, 0.25) is 0 Å². The van der Waals surface area contributed by atoms with E-state index in [4.69, 9.17) is 0 Å². The number of rotatable bonds is 14. The van der Waals surface area contributed by atoms with Crippen LogP contribution in [0.15, 0.2) is 121 Å². The number of nitrogens with zero attached hydrogens (tertiary/aromatic N) is 4. The van der Waals surface area contributed by atoms with Gasteiger partial charge in [0, 0.05) is 46.8 Å². The molecule has 0 fully saturated rings. The van der Waals surface area contributed by atoms with Crippen LogP contribution < -0.4 is 10.6 Å². The van der Waals surface area contributed by atoms with E-state index in [2.05, 4.69) is 10.6 Å². The van der Waals surface area contributed by atoms with Gasteiger partial charge in [0.1, 0.15) is 0 Å². The summed E-state index contributed by atoms with van der Waals surface area (Å²) >= 11 is 0. The SMILES string of the molecule is O=C(C=Cc1ccc(C=CC(=O)c2cccc(NC(=O)c3cc([N+](=O)[O-])cc([N+](=O)[O-])c3)c2)cc1)c1cccc(NC(=O)c2cc([N+](=O)[O-])cc([N+](=O)[O-])c2)c1. The van der Waals surface area contributed by atoms with E-state index in [1.54, 1.807) is 36.4 Å². The first-order valence-electron chi connectivity index (χ1n) is 15.9. The van der Waals surface area contributed by atoms with Crippen LogP contribution in [0.2, 0.25) is 0 Å². The lowest BCUT2D eigenvalue weighted by Crippen LogP contribution is -2.13. The molecule has 0 heterocycles. The lowest BCUT2D eigenvalue weighted by molar-refractivity contribution is -0.394. The quantitative estimate of drug-likeness (QED) is 0.0479. The monoisotopic (exact) mass is 756 g/mol. The molecule has 0 spiro atoms. The van der Waals surface area contributed by atoms with E-state index < -0.39 is 65.8 Å². The summed E-state index contributed by atoms with van der Waals surface area (Å²) in [5, 5.41) is 49.6. The summed E-state index contributed by atoms with van der Waals surface area (Å²) in [6.07, 6.45) is 5.68. The predicted molar refractivity (Wildman–Crippen MR) is 201 cm³/mol. The van der Waals surface area contributed by atoms with Crippen LogP contribution in [0.4, 0.5) is 34.1 Å². The number of anilines is 2. The van der Waals surface area contributed by atoms with Crippen molar-refractivity contribution < 1.29 is 38.9 Å². The molecule has 0 aliphatic rings. The number of allylic oxidation sites excluding steroid dienone is 2. The Morgan fingerprint density at radius 3 is 1.05 bits per heavy atom. The number of nitro groups is 4. The first-order valence-corrected chi connectivity index (χ1v) is 15.9. The van der Waals surface area contributed by atoms with Crippen LogP contribution in [0.5, 0.6) is 0 Å². The molecular formula is C38H24N6O12. The van der Waals surface area contributed by atoms with Crippen molar-refractivity contribution in [2.45, 2.75) is 0 Å². The van der Waals surface area contributed by atoms with Crippen molar-refractivity contribution in [1.29, 1.82) is 0 Å².